The molecule has 1 rings (SSSR count). The van der Waals surface area contributed by atoms with E-state index in [4.69, 9.17) is 15.6 Å². The minimum absolute atomic E-state index is 0.0737. The number of aliphatic hydroxyl groups is 2. The summed E-state index contributed by atoms with van der Waals surface area (Å²) in [6, 6.07) is 9.19. The fourth-order valence-electron chi connectivity index (χ4n) is 4.56. The van der Waals surface area contributed by atoms with Crippen molar-refractivity contribution in [2.75, 3.05) is 11.9 Å². The fraction of sp³-hybridized carbons (Fsp3) is 0.704. The number of benzene rings is 1. The SMILES string of the molecule is CC[C@@H](C)[C@@H](C)[C@@H](C)C(CC(O)OC(O)CNC(=N)NC(=N)Nc1ccccc1)[C@@H](C)[C@@H](C)CC. The van der Waals surface area contributed by atoms with Crippen LogP contribution in [0.5, 0.6) is 0 Å². The van der Waals surface area contributed by atoms with Gasteiger partial charge < -0.3 is 25.6 Å². The molecule has 1 aromatic rings. The van der Waals surface area contributed by atoms with Gasteiger partial charge in [-0.05, 0) is 47.6 Å². The van der Waals surface area contributed by atoms with Crippen molar-refractivity contribution in [2.45, 2.75) is 80.3 Å². The number of rotatable bonds is 14. The van der Waals surface area contributed by atoms with Crippen LogP contribution in [0.15, 0.2) is 30.3 Å². The van der Waals surface area contributed by atoms with E-state index in [1.807, 2.05) is 30.3 Å². The van der Waals surface area contributed by atoms with Crippen LogP contribution in [0.1, 0.15) is 67.7 Å². The van der Waals surface area contributed by atoms with Crippen LogP contribution < -0.4 is 16.0 Å². The van der Waals surface area contributed by atoms with Gasteiger partial charge in [0.05, 0.1) is 6.54 Å². The van der Waals surface area contributed by atoms with Gasteiger partial charge in [-0.3, -0.25) is 16.1 Å². The molecule has 1 aromatic carbocycles. The van der Waals surface area contributed by atoms with E-state index >= 15 is 0 Å². The van der Waals surface area contributed by atoms with Gasteiger partial charge in [-0.1, -0.05) is 79.5 Å². The third-order valence-corrected chi connectivity index (χ3v) is 7.80. The second-order valence-corrected chi connectivity index (χ2v) is 10.0. The summed E-state index contributed by atoms with van der Waals surface area (Å²) in [6.07, 6.45) is 0.263. The molecule has 0 bridgehead atoms. The van der Waals surface area contributed by atoms with Crippen molar-refractivity contribution in [3.05, 3.63) is 30.3 Å². The maximum Gasteiger partial charge on any atom is 0.199 e. The summed E-state index contributed by atoms with van der Waals surface area (Å²) in [5, 5.41) is 44.9. The molecule has 0 saturated carbocycles. The topological polar surface area (TPSA) is 133 Å². The lowest BCUT2D eigenvalue weighted by molar-refractivity contribution is -0.214. The molecule has 0 heterocycles. The molecule has 0 saturated heterocycles. The number of nitrogens with one attached hydrogen (secondary N) is 5. The lowest BCUT2D eigenvalue weighted by Gasteiger charge is -2.39. The van der Waals surface area contributed by atoms with Gasteiger partial charge in [0.1, 0.15) is 0 Å². The summed E-state index contributed by atoms with van der Waals surface area (Å²) < 4.78 is 5.47. The highest BCUT2D eigenvalue weighted by atomic mass is 16.7. The Morgan fingerprint density at radius 1 is 0.829 bits per heavy atom. The summed E-state index contributed by atoms with van der Waals surface area (Å²) in [7, 11) is 0. The first-order valence-corrected chi connectivity index (χ1v) is 13.0. The average molecular weight is 492 g/mol. The Balaban J connectivity index is 2.58. The van der Waals surface area contributed by atoms with Crippen molar-refractivity contribution in [1.82, 2.24) is 10.6 Å². The average Bonchev–Trinajstić information content (AvgIpc) is 2.84. The fourth-order valence-corrected chi connectivity index (χ4v) is 4.56. The Bertz CT molecular complexity index is 748. The van der Waals surface area contributed by atoms with Crippen LogP contribution in [-0.2, 0) is 4.74 Å². The van der Waals surface area contributed by atoms with E-state index in [9.17, 15) is 10.2 Å². The first kappa shape index (κ1) is 30.9. The molecule has 8 atom stereocenters. The van der Waals surface area contributed by atoms with Crippen molar-refractivity contribution in [3.8, 4) is 0 Å². The molecule has 0 spiro atoms. The third-order valence-electron chi connectivity index (χ3n) is 7.80. The lowest BCUT2D eigenvalue weighted by atomic mass is 9.68. The van der Waals surface area contributed by atoms with Gasteiger partial charge in [0.25, 0.3) is 0 Å². The molecule has 7 N–H and O–H groups in total. The van der Waals surface area contributed by atoms with Crippen LogP contribution in [0.4, 0.5) is 5.69 Å². The Kier molecular flexibility index (Phi) is 13.9. The van der Waals surface area contributed by atoms with E-state index in [1.165, 1.54) is 0 Å². The van der Waals surface area contributed by atoms with Gasteiger partial charge >= 0.3 is 0 Å². The van der Waals surface area contributed by atoms with E-state index in [-0.39, 0.29) is 24.4 Å². The van der Waals surface area contributed by atoms with Crippen LogP contribution in [0.2, 0.25) is 0 Å². The van der Waals surface area contributed by atoms with Crippen LogP contribution >= 0.6 is 0 Å². The number of hydrogen-bond acceptors (Lipinski definition) is 5. The third kappa shape index (κ3) is 11.0. The predicted molar refractivity (Wildman–Crippen MR) is 144 cm³/mol. The van der Waals surface area contributed by atoms with E-state index < -0.39 is 12.6 Å². The molecule has 0 aliphatic rings. The maximum atomic E-state index is 10.7. The molecule has 0 aliphatic carbocycles. The molecule has 0 aliphatic heterocycles. The van der Waals surface area contributed by atoms with E-state index in [0.717, 1.165) is 18.5 Å². The molecule has 0 fully saturated rings. The highest BCUT2D eigenvalue weighted by Gasteiger charge is 2.33. The summed E-state index contributed by atoms with van der Waals surface area (Å²) >= 11 is 0. The monoisotopic (exact) mass is 491 g/mol. The van der Waals surface area contributed by atoms with Crippen molar-refractivity contribution in [1.29, 1.82) is 10.8 Å². The Morgan fingerprint density at radius 2 is 1.40 bits per heavy atom. The number of ether oxygens (including phenoxy) is 1. The maximum absolute atomic E-state index is 10.7. The summed E-state index contributed by atoms with van der Waals surface area (Å²) in [5.41, 5.74) is 0.724. The Morgan fingerprint density at radius 3 is 1.97 bits per heavy atom. The zero-order valence-electron chi connectivity index (χ0n) is 22.6. The number of anilines is 1. The van der Waals surface area contributed by atoms with Gasteiger partial charge in [-0.2, -0.15) is 0 Å². The van der Waals surface area contributed by atoms with Crippen LogP contribution in [0.3, 0.4) is 0 Å². The Labute approximate surface area is 212 Å². The second kappa shape index (κ2) is 15.8. The molecule has 8 nitrogen and oxygen atoms in total. The molecule has 0 radical (unpaired) electrons. The Hall–Kier alpha value is -2.16. The number of guanidine groups is 2. The molecule has 0 amide bonds. The minimum atomic E-state index is -1.29. The molecule has 0 aromatic heterocycles. The molecule has 200 valence electrons. The first-order chi connectivity index (χ1) is 16.5. The van der Waals surface area contributed by atoms with Gasteiger partial charge in [-0.15, -0.1) is 0 Å². The predicted octanol–water partition coefficient (Wildman–Crippen LogP) is 4.81. The zero-order valence-corrected chi connectivity index (χ0v) is 22.6. The van der Waals surface area contributed by atoms with Crippen molar-refractivity contribution >= 4 is 17.6 Å². The van der Waals surface area contributed by atoms with Gasteiger partial charge in [0.2, 0.25) is 0 Å². The molecule has 3 unspecified atom stereocenters. The molecular formula is C27H49N5O3. The van der Waals surface area contributed by atoms with E-state index in [2.05, 4.69) is 64.4 Å². The summed E-state index contributed by atoms with van der Waals surface area (Å²) in [4.78, 5) is 0. The summed E-state index contributed by atoms with van der Waals surface area (Å²) in [5.74, 6) is 2.48. The van der Waals surface area contributed by atoms with Gasteiger partial charge in [0, 0.05) is 12.1 Å². The van der Waals surface area contributed by atoms with Crippen LogP contribution in [-0.4, -0.2) is 41.3 Å². The smallest absolute Gasteiger partial charge is 0.199 e. The summed E-state index contributed by atoms with van der Waals surface area (Å²) in [6.45, 7) is 15.7. The largest absolute Gasteiger partial charge is 0.368 e. The molecular weight excluding hydrogens is 442 g/mol. The zero-order chi connectivity index (χ0) is 26.5. The van der Waals surface area contributed by atoms with Crippen molar-refractivity contribution in [3.63, 3.8) is 0 Å². The number of para-hydroxylation sites is 1. The lowest BCUT2D eigenvalue weighted by Crippen LogP contribution is -2.46. The van der Waals surface area contributed by atoms with Gasteiger partial charge in [0.15, 0.2) is 24.5 Å². The van der Waals surface area contributed by atoms with Crippen LogP contribution in [0, 0.1) is 46.3 Å². The highest BCUT2D eigenvalue weighted by Crippen LogP contribution is 2.39. The molecule has 35 heavy (non-hydrogen) atoms. The van der Waals surface area contributed by atoms with Crippen molar-refractivity contribution in [2.24, 2.45) is 35.5 Å². The van der Waals surface area contributed by atoms with E-state index in [1.54, 1.807) is 0 Å². The van der Waals surface area contributed by atoms with Crippen molar-refractivity contribution < 1.29 is 14.9 Å². The standard InChI is InChI=1S/C27H49N5O3/c1-8-17(3)19(5)21(7)23(20(6)18(4)9-2)15-24(33)35-25(34)16-30-26(28)32-27(29)31-22-13-11-10-12-14-22/h10-14,17-21,23-25,33-34H,8-9,15-16H2,1-7H3,(H5,28,29,30,31,32)/t17-,18+,19-,20+,21-,23?,24?,25?/m1/s1. The quantitative estimate of drug-likeness (QED) is 0.113. The van der Waals surface area contributed by atoms with Gasteiger partial charge in [-0.25, -0.2) is 0 Å². The van der Waals surface area contributed by atoms with Crippen LogP contribution in [0.25, 0.3) is 0 Å². The number of aliphatic hydroxyl groups excluding tert-OH is 2. The molecule has 8 heteroatoms. The minimum Gasteiger partial charge on any atom is -0.368 e. The first-order valence-electron chi connectivity index (χ1n) is 13.0. The highest BCUT2D eigenvalue weighted by molar-refractivity contribution is 6.02. The number of hydrogen-bond donors (Lipinski definition) is 7. The second-order valence-electron chi connectivity index (χ2n) is 10.0. The normalized spacial score (nSPS) is 18.3. The van der Waals surface area contributed by atoms with E-state index in [0.29, 0.717) is 36.0 Å².